The molecule has 0 saturated carbocycles. The van der Waals surface area contributed by atoms with E-state index in [-0.39, 0.29) is 18.4 Å². The number of nitrogens with one attached hydrogen (secondary N) is 1. The van der Waals surface area contributed by atoms with E-state index >= 15 is 0 Å². The smallest absolute Gasteiger partial charge is 0.242 e. The maximum Gasteiger partial charge on any atom is 0.242 e. The van der Waals surface area contributed by atoms with Gasteiger partial charge in [-0.3, -0.25) is 4.79 Å². The van der Waals surface area contributed by atoms with Crippen LogP contribution < -0.4 is 5.32 Å². The highest BCUT2D eigenvalue weighted by molar-refractivity contribution is 5.85. The van der Waals surface area contributed by atoms with Crippen LogP contribution in [0.15, 0.2) is 0 Å². The molecule has 4 heteroatoms. The molecule has 14 heavy (non-hydrogen) atoms. The third-order valence-corrected chi connectivity index (χ3v) is 2.99. The maximum atomic E-state index is 11.9. The molecule has 0 aromatic carbocycles. The number of aliphatic hydroxyl groups is 1. The first kappa shape index (κ1) is 11.5. The van der Waals surface area contributed by atoms with Gasteiger partial charge >= 0.3 is 0 Å². The van der Waals surface area contributed by atoms with Gasteiger partial charge in [-0.1, -0.05) is 0 Å². The van der Waals surface area contributed by atoms with Crippen molar-refractivity contribution in [3.05, 3.63) is 0 Å². The van der Waals surface area contributed by atoms with Crippen LogP contribution in [0.2, 0.25) is 0 Å². The topological polar surface area (TPSA) is 52.6 Å². The SMILES string of the molecule is CNC(C)(C)C(=O)N1CCC(CO)C1. The van der Waals surface area contributed by atoms with Gasteiger partial charge < -0.3 is 15.3 Å². The zero-order valence-corrected chi connectivity index (χ0v) is 9.21. The van der Waals surface area contributed by atoms with Crippen LogP contribution in [0.1, 0.15) is 20.3 Å². The number of amides is 1. The summed E-state index contributed by atoms with van der Waals surface area (Å²) in [4.78, 5) is 13.8. The zero-order chi connectivity index (χ0) is 10.8. The number of rotatable bonds is 3. The molecule has 0 aliphatic carbocycles. The maximum absolute atomic E-state index is 11.9. The minimum absolute atomic E-state index is 0.121. The lowest BCUT2D eigenvalue weighted by Gasteiger charge is -2.28. The van der Waals surface area contributed by atoms with Gasteiger partial charge in [-0.2, -0.15) is 0 Å². The Kier molecular flexibility index (Phi) is 3.50. The molecule has 0 aromatic heterocycles. The quantitative estimate of drug-likeness (QED) is 0.665. The molecule has 0 spiro atoms. The number of carbonyl (C=O) groups excluding carboxylic acids is 1. The molecule has 0 aromatic rings. The molecule has 0 bridgehead atoms. The van der Waals surface area contributed by atoms with E-state index < -0.39 is 5.54 Å². The summed E-state index contributed by atoms with van der Waals surface area (Å²) in [6.45, 7) is 5.41. The van der Waals surface area contributed by atoms with E-state index in [0.717, 1.165) is 13.0 Å². The fraction of sp³-hybridized carbons (Fsp3) is 0.900. The summed E-state index contributed by atoms with van der Waals surface area (Å²) >= 11 is 0. The molecule has 0 radical (unpaired) electrons. The first-order valence-corrected chi connectivity index (χ1v) is 5.10. The Morgan fingerprint density at radius 1 is 1.64 bits per heavy atom. The lowest BCUT2D eigenvalue weighted by Crippen LogP contribution is -2.52. The summed E-state index contributed by atoms with van der Waals surface area (Å²) < 4.78 is 0. The highest BCUT2D eigenvalue weighted by Gasteiger charge is 2.34. The number of likely N-dealkylation sites (N-methyl/N-ethyl adjacent to an activating group) is 1. The molecule has 1 fully saturated rings. The number of nitrogens with zero attached hydrogens (tertiary/aromatic N) is 1. The normalized spacial score (nSPS) is 22.9. The van der Waals surface area contributed by atoms with Crippen LogP contribution in [0, 0.1) is 5.92 Å². The Labute approximate surface area is 85.3 Å². The second-order valence-corrected chi connectivity index (χ2v) is 4.46. The summed E-state index contributed by atoms with van der Waals surface area (Å²) in [5, 5.41) is 12.0. The van der Waals surface area contributed by atoms with Crippen molar-refractivity contribution in [2.75, 3.05) is 26.7 Å². The third kappa shape index (κ3) is 2.25. The molecule has 1 aliphatic heterocycles. The molecule has 1 heterocycles. The van der Waals surface area contributed by atoms with Crippen LogP contribution in [-0.4, -0.2) is 48.2 Å². The van der Waals surface area contributed by atoms with Crippen molar-refractivity contribution in [2.24, 2.45) is 5.92 Å². The van der Waals surface area contributed by atoms with Crippen molar-refractivity contribution < 1.29 is 9.90 Å². The molecule has 1 saturated heterocycles. The Hall–Kier alpha value is -0.610. The highest BCUT2D eigenvalue weighted by Crippen LogP contribution is 2.18. The Bertz CT molecular complexity index is 216. The van der Waals surface area contributed by atoms with Gasteiger partial charge in [0, 0.05) is 25.6 Å². The van der Waals surface area contributed by atoms with Crippen molar-refractivity contribution in [1.29, 1.82) is 0 Å². The first-order chi connectivity index (χ1) is 6.51. The lowest BCUT2D eigenvalue weighted by molar-refractivity contribution is -0.136. The minimum atomic E-state index is -0.496. The zero-order valence-electron chi connectivity index (χ0n) is 9.21. The first-order valence-electron chi connectivity index (χ1n) is 5.10. The molecular formula is C10H20N2O2. The number of likely N-dealkylation sites (tertiary alicyclic amines) is 1. The van der Waals surface area contributed by atoms with E-state index in [0.29, 0.717) is 6.54 Å². The van der Waals surface area contributed by atoms with Crippen LogP contribution in [0.3, 0.4) is 0 Å². The van der Waals surface area contributed by atoms with Gasteiger partial charge in [0.2, 0.25) is 5.91 Å². The summed E-state index contributed by atoms with van der Waals surface area (Å²) in [6.07, 6.45) is 0.919. The number of hydrogen-bond acceptors (Lipinski definition) is 3. The number of hydrogen-bond donors (Lipinski definition) is 2. The molecule has 2 N–H and O–H groups in total. The minimum Gasteiger partial charge on any atom is -0.396 e. The van der Waals surface area contributed by atoms with Gasteiger partial charge in [0.05, 0.1) is 5.54 Å². The number of carbonyl (C=O) groups is 1. The van der Waals surface area contributed by atoms with Crippen molar-refractivity contribution in [3.8, 4) is 0 Å². The van der Waals surface area contributed by atoms with E-state index in [4.69, 9.17) is 5.11 Å². The highest BCUT2D eigenvalue weighted by atomic mass is 16.3. The molecule has 82 valence electrons. The third-order valence-electron chi connectivity index (χ3n) is 2.99. The Balaban J connectivity index is 2.55. The average molecular weight is 200 g/mol. The molecule has 1 unspecified atom stereocenters. The molecule has 1 amide bonds. The molecule has 1 rings (SSSR count). The predicted octanol–water partition coefficient (Wildman–Crippen LogP) is -0.175. The summed E-state index contributed by atoms with van der Waals surface area (Å²) in [5.74, 6) is 0.391. The van der Waals surface area contributed by atoms with E-state index in [2.05, 4.69) is 5.32 Å². The van der Waals surface area contributed by atoms with Gasteiger partial charge in [0.15, 0.2) is 0 Å². The lowest BCUT2D eigenvalue weighted by atomic mass is 10.0. The Morgan fingerprint density at radius 2 is 2.29 bits per heavy atom. The van der Waals surface area contributed by atoms with Crippen LogP contribution >= 0.6 is 0 Å². The van der Waals surface area contributed by atoms with E-state index in [1.807, 2.05) is 18.7 Å². The molecular weight excluding hydrogens is 180 g/mol. The molecule has 1 atom stereocenters. The molecule has 1 aliphatic rings. The van der Waals surface area contributed by atoms with E-state index in [9.17, 15) is 4.79 Å². The van der Waals surface area contributed by atoms with Crippen LogP contribution in [0.25, 0.3) is 0 Å². The standard InChI is InChI=1S/C10H20N2O2/c1-10(2,11-3)9(14)12-5-4-8(6-12)7-13/h8,11,13H,4-7H2,1-3H3. The van der Waals surface area contributed by atoms with E-state index in [1.165, 1.54) is 0 Å². The Morgan fingerprint density at radius 3 is 2.71 bits per heavy atom. The number of aliphatic hydroxyl groups excluding tert-OH is 1. The summed E-state index contributed by atoms with van der Waals surface area (Å²) in [6, 6.07) is 0. The largest absolute Gasteiger partial charge is 0.396 e. The molecule has 4 nitrogen and oxygen atoms in total. The van der Waals surface area contributed by atoms with Crippen LogP contribution in [0.5, 0.6) is 0 Å². The second kappa shape index (κ2) is 4.28. The van der Waals surface area contributed by atoms with Gasteiger partial charge in [-0.25, -0.2) is 0 Å². The van der Waals surface area contributed by atoms with E-state index in [1.54, 1.807) is 7.05 Å². The van der Waals surface area contributed by atoms with Gasteiger partial charge in [-0.15, -0.1) is 0 Å². The van der Waals surface area contributed by atoms with Crippen molar-refractivity contribution in [1.82, 2.24) is 10.2 Å². The fourth-order valence-corrected chi connectivity index (χ4v) is 1.67. The van der Waals surface area contributed by atoms with Crippen LogP contribution in [0.4, 0.5) is 0 Å². The van der Waals surface area contributed by atoms with Gasteiger partial charge in [0.25, 0.3) is 0 Å². The van der Waals surface area contributed by atoms with Crippen molar-refractivity contribution >= 4 is 5.91 Å². The predicted molar refractivity (Wildman–Crippen MR) is 54.9 cm³/mol. The summed E-state index contributed by atoms with van der Waals surface area (Å²) in [7, 11) is 1.79. The monoisotopic (exact) mass is 200 g/mol. The second-order valence-electron chi connectivity index (χ2n) is 4.46. The van der Waals surface area contributed by atoms with Crippen molar-refractivity contribution in [3.63, 3.8) is 0 Å². The van der Waals surface area contributed by atoms with Crippen LogP contribution in [-0.2, 0) is 4.79 Å². The average Bonchev–Trinajstić information content (AvgIpc) is 2.64. The fourth-order valence-electron chi connectivity index (χ4n) is 1.67. The summed E-state index contributed by atoms with van der Waals surface area (Å²) in [5.41, 5.74) is -0.496. The van der Waals surface area contributed by atoms with Gasteiger partial charge in [0.1, 0.15) is 0 Å². The van der Waals surface area contributed by atoms with Crippen molar-refractivity contribution in [2.45, 2.75) is 25.8 Å². The van der Waals surface area contributed by atoms with Gasteiger partial charge in [-0.05, 0) is 27.3 Å².